The summed E-state index contributed by atoms with van der Waals surface area (Å²) in [6, 6.07) is 40.9. The maximum Gasteiger partial charge on any atom is 0.120 e. The van der Waals surface area contributed by atoms with Crippen LogP contribution < -0.4 is 0 Å². The molecule has 0 unspecified atom stereocenters. The zero-order valence-electron chi connectivity index (χ0n) is 44.7. The van der Waals surface area contributed by atoms with Crippen LogP contribution in [-0.4, -0.2) is 9.97 Å². The Labute approximate surface area is 374 Å². The minimum absolute atomic E-state index is 0. The van der Waals surface area contributed by atoms with Crippen LogP contribution in [0.2, 0.25) is 0 Å². The quantitative estimate of drug-likeness (QED) is 0.143. The van der Waals surface area contributed by atoms with Crippen molar-refractivity contribution in [3.8, 4) is 44.8 Å². The third-order valence-electron chi connectivity index (χ3n) is 10.7. The first-order valence-corrected chi connectivity index (χ1v) is 19.4. The zero-order chi connectivity index (χ0) is 49.6. The fourth-order valence-electron chi connectivity index (χ4n) is 7.06. The van der Waals surface area contributed by atoms with Gasteiger partial charge in [-0.05, 0) is 100 Å². The van der Waals surface area contributed by atoms with Crippen LogP contribution in [-0.2, 0) is 31.9 Å². The van der Waals surface area contributed by atoms with Crippen molar-refractivity contribution in [3.63, 3.8) is 0 Å². The molecule has 0 aliphatic carbocycles. The Bertz CT molecular complexity index is 3070. The normalized spacial score (nSPS) is 15.3. The van der Waals surface area contributed by atoms with E-state index in [1.807, 2.05) is 87.5 Å². The van der Waals surface area contributed by atoms with E-state index in [1.54, 1.807) is 48.7 Å². The Morgan fingerprint density at radius 3 is 2.12 bits per heavy atom. The number of pyridine rings is 2. The second-order valence-electron chi connectivity index (χ2n) is 15.7. The van der Waals surface area contributed by atoms with Gasteiger partial charge >= 0.3 is 0 Å². The van der Waals surface area contributed by atoms with Crippen molar-refractivity contribution in [2.24, 2.45) is 5.41 Å². The minimum Gasteiger partial charge on any atom is -0.501 e. The molecule has 0 spiro atoms. The average Bonchev–Trinajstić information content (AvgIpc) is 3.69. The number of aromatic nitrogens is 2. The summed E-state index contributed by atoms with van der Waals surface area (Å²) >= 11 is 0. The van der Waals surface area contributed by atoms with E-state index < -0.39 is 32.3 Å². The van der Waals surface area contributed by atoms with Gasteiger partial charge in [0.05, 0.1) is 5.58 Å². The number of para-hydroxylation sites is 1. The maximum absolute atomic E-state index is 8.39. The smallest absolute Gasteiger partial charge is 0.120 e. The van der Waals surface area contributed by atoms with Gasteiger partial charge < -0.3 is 14.4 Å². The molecule has 0 saturated carbocycles. The SMILES string of the molecule is [2H]C([2H])([2H])c1c[c-]c(-c2ccc(C([2H])([2H])C(C)(C)C)cn2)cc1-c1ccccc1.[2H]C([2H])([2H])c1cnc(-c2[c-]ccc3c2oc2ccccc23)cc1-c1ccc(C(C)(CC)CC)cc1C([2H])([2H])[2H].[Ir]. The minimum atomic E-state index is -2.50. The summed E-state index contributed by atoms with van der Waals surface area (Å²) in [5.41, 5.74) is 6.79. The molecule has 0 N–H and O–H groups in total. The predicted molar refractivity (Wildman–Crippen MR) is 240 cm³/mol. The van der Waals surface area contributed by atoms with Crippen molar-refractivity contribution in [2.75, 3.05) is 0 Å². The molecule has 8 rings (SSSR count). The van der Waals surface area contributed by atoms with Crippen LogP contribution in [0.15, 0.2) is 132 Å². The van der Waals surface area contributed by atoms with Gasteiger partial charge in [-0.3, -0.25) is 0 Å². The maximum atomic E-state index is 8.39. The van der Waals surface area contributed by atoms with E-state index in [0.29, 0.717) is 50.4 Å². The average molecular weight is 950 g/mol. The van der Waals surface area contributed by atoms with E-state index in [-0.39, 0.29) is 42.2 Å². The first kappa shape index (κ1) is 30.0. The van der Waals surface area contributed by atoms with Crippen molar-refractivity contribution in [1.82, 2.24) is 9.97 Å². The number of hydrogen-bond donors (Lipinski definition) is 0. The number of hydrogen-bond acceptors (Lipinski definition) is 3. The first-order chi connectivity index (χ1) is 31.8. The van der Waals surface area contributed by atoms with Gasteiger partial charge in [0.25, 0.3) is 0 Å². The summed E-state index contributed by atoms with van der Waals surface area (Å²) in [5, 5.41) is 1.85. The topological polar surface area (TPSA) is 38.9 Å². The molecule has 4 heteroatoms. The van der Waals surface area contributed by atoms with Crippen LogP contribution in [0.4, 0.5) is 0 Å². The summed E-state index contributed by atoms with van der Waals surface area (Å²) in [4.78, 5) is 8.95. The van der Waals surface area contributed by atoms with Crippen molar-refractivity contribution in [1.29, 1.82) is 0 Å². The van der Waals surface area contributed by atoms with Gasteiger partial charge in [0.15, 0.2) is 0 Å². The van der Waals surface area contributed by atoms with Gasteiger partial charge in [0.2, 0.25) is 0 Å². The Hall–Kier alpha value is -5.15. The molecule has 0 fully saturated rings. The number of rotatable bonds is 8. The molecule has 0 amide bonds. The number of furan rings is 1. The molecule has 3 nitrogen and oxygen atoms in total. The van der Waals surface area contributed by atoms with E-state index in [9.17, 15) is 0 Å². The summed E-state index contributed by atoms with van der Waals surface area (Å²) in [5.74, 6) is 0. The Morgan fingerprint density at radius 2 is 1.41 bits per heavy atom. The van der Waals surface area contributed by atoms with Crippen LogP contribution in [0.3, 0.4) is 0 Å². The molecule has 3 aromatic heterocycles. The molecule has 58 heavy (non-hydrogen) atoms. The second-order valence-corrected chi connectivity index (χ2v) is 15.7. The van der Waals surface area contributed by atoms with Crippen LogP contribution in [0.1, 0.15) is 97.3 Å². The Morgan fingerprint density at radius 1 is 0.672 bits per heavy atom. The molecule has 0 atom stereocenters. The molecule has 0 bridgehead atoms. The fourth-order valence-corrected chi connectivity index (χ4v) is 7.06. The molecule has 0 aliphatic rings. The van der Waals surface area contributed by atoms with Crippen LogP contribution in [0, 0.1) is 38.1 Å². The molecule has 1 radical (unpaired) electrons. The van der Waals surface area contributed by atoms with Gasteiger partial charge in [-0.1, -0.05) is 150 Å². The van der Waals surface area contributed by atoms with Crippen molar-refractivity contribution in [3.05, 3.63) is 168 Å². The van der Waals surface area contributed by atoms with E-state index in [2.05, 4.69) is 42.9 Å². The molecular formula is C54H54IrN2O-2. The van der Waals surface area contributed by atoms with Crippen LogP contribution >= 0.6 is 0 Å². The summed E-state index contributed by atoms with van der Waals surface area (Å²) in [6.07, 6.45) is 3.05. The van der Waals surface area contributed by atoms with E-state index in [4.69, 9.17) is 19.5 Å². The molecule has 3 heterocycles. The van der Waals surface area contributed by atoms with Crippen molar-refractivity contribution in [2.45, 2.75) is 86.7 Å². The molecular weight excluding hydrogens is 885 g/mol. The van der Waals surface area contributed by atoms with E-state index in [1.165, 1.54) is 12.3 Å². The third-order valence-corrected chi connectivity index (χ3v) is 10.7. The second kappa shape index (κ2) is 17.8. The largest absolute Gasteiger partial charge is 0.501 e. The standard InChI is InChI=1S/C31H30NO.C23H24N.Ir/c1-6-31(5,7-2)22-15-16-23(20(3)17-22)27-18-28(32-19-21(27)4)26-13-10-12-25-24-11-8-9-14-29(24)33-30(25)26;1-17-10-12-20(14-21(17)19-8-6-5-7-9-19)22-13-11-18(16-24-22)15-23(2,3)4;/h8-12,14-19H,6-7H2,1-5H3;5-11,13-14,16H,15H2,1-4H3;/q2*-1;/i3D3,4D3;1D3,15D2;. The summed E-state index contributed by atoms with van der Waals surface area (Å²) in [7, 11) is 0. The third kappa shape index (κ3) is 9.10. The van der Waals surface area contributed by atoms with Crippen molar-refractivity contribution >= 4 is 21.9 Å². The first-order valence-electron chi connectivity index (χ1n) is 24.9. The molecule has 0 aliphatic heterocycles. The van der Waals surface area contributed by atoms with Gasteiger partial charge in [0, 0.05) is 53.0 Å². The number of nitrogens with zero attached hydrogens (tertiary/aromatic N) is 2. The zero-order valence-corrected chi connectivity index (χ0v) is 36.1. The van der Waals surface area contributed by atoms with Crippen LogP contribution in [0.25, 0.3) is 66.7 Å². The molecule has 0 saturated heterocycles. The summed E-state index contributed by atoms with van der Waals surface area (Å²) in [6.45, 7) is 4.66. The number of fused-ring (bicyclic) bond motifs is 3. The number of benzene rings is 5. The Kier molecular flexibility index (Phi) is 9.19. The Balaban J connectivity index is 0.000000233. The van der Waals surface area contributed by atoms with E-state index >= 15 is 0 Å². The van der Waals surface area contributed by atoms with Gasteiger partial charge in [0.1, 0.15) is 5.58 Å². The predicted octanol–water partition coefficient (Wildman–Crippen LogP) is 14.9. The van der Waals surface area contributed by atoms with E-state index in [0.717, 1.165) is 40.3 Å². The molecule has 5 aromatic carbocycles. The number of aryl methyl sites for hydroxylation is 3. The van der Waals surface area contributed by atoms with Crippen molar-refractivity contribution < 1.29 is 39.6 Å². The molecule has 8 aromatic rings. The fraction of sp³-hybridized carbons (Fsp3) is 0.259. The summed E-state index contributed by atoms with van der Waals surface area (Å²) < 4.78 is 96.1. The van der Waals surface area contributed by atoms with Gasteiger partial charge in [-0.2, -0.15) is 0 Å². The van der Waals surface area contributed by atoms with Gasteiger partial charge in [-0.15, -0.1) is 47.5 Å². The molecule has 297 valence electrons. The van der Waals surface area contributed by atoms with Gasteiger partial charge in [-0.25, -0.2) is 0 Å². The van der Waals surface area contributed by atoms with Crippen LogP contribution in [0.5, 0.6) is 0 Å². The monoisotopic (exact) mass is 950 g/mol.